The van der Waals surface area contributed by atoms with Crippen LogP contribution in [0.2, 0.25) is 0 Å². The number of halogens is 1. The zero-order chi connectivity index (χ0) is 17.6. The quantitative estimate of drug-likeness (QED) is 0.660. The maximum Gasteiger partial charge on any atom is 0.236 e. The Morgan fingerprint density at radius 2 is 1.88 bits per heavy atom. The lowest BCUT2D eigenvalue weighted by atomic mass is 10.0. The Kier molecular flexibility index (Phi) is 4.24. The van der Waals surface area contributed by atoms with Crippen LogP contribution in [0.15, 0.2) is 45.9 Å². The van der Waals surface area contributed by atoms with Crippen LogP contribution in [0.3, 0.4) is 0 Å². The molecular formula is C21H21BrN2O. The summed E-state index contributed by atoms with van der Waals surface area (Å²) in [5.74, 6) is 0.143. The van der Waals surface area contributed by atoms with Crippen molar-refractivity contribution in [2.24, 2.45) is 10.9 Å². The molecule has 0 aromatic heterocycles. The molecule has 1 heterocycles. The molecule has 1 saturated carbocycles. The van der Waals surface area contributed by atoms with E-state index in [2.05, 4.69) is 54.0 Å². The highest BCUT2D eigenvalue weighted by Gasteiger charge is 2.36. The van der Waals surface area contributed by atoms with Crippen molar-refractivity contribution in [3.05, 3.63) is 57.6 Å². The van der Waals surface area contributed by atoms with Gasteiger partial charge in [-0.3, -0.25) is 9.79 Å². The van der Waals surface area contributed by atoms with Crippen LogP contribution in [0.25, 0.3) is 0 Å². The molecule has 0 radical (unpaired) electrons. The number of anilines is 1. The largest absolute Gasteiger partial charge is 0.305 e. The molecule has 0 spiro atoms. The second kappa shape index (κ2) is 6.41. The van der Waals surface area contributed by atoms with Crippen LogP contribution in [0.4, 0.5) is 11.4 Å². The number of hydrogen-bond acceptors (Lipinski definition) is 2. The fourth-order valence-electron chi connectivity index (χ4n) is 3.72. The standard InChI is InChI=1S/C21H21BrN2O/c1-13-10-19-20(11-14(13)2)24(12-15-6-8-16(22)9-7-15)21(25)17-4-3-5-18(17)23-19/h6-11,17H,3-5,12H2,1-2H3. The van der Waals surface area contributed by atoms with Crippen LogP contribution in [0, 0.1) is 19.8 Å². The highest BCUT2D eigenvalue weighted by Crippen LogP contribution is 2.40. The number of nitrogens with zero attached hydrogens (tertiary/aromatic N) is 2. The van der Waals surface area contributed by atoms with Crippen LogP contribution < -0.4 is 4.90 Å². The molecule has 4 heteroatoms. The summed E-state index contributed by atoms with van der Waals surface area (Å²) in [4.78, 5) is 20.1. The molecule has 0 bridgehead atoms. The van der Waals surface area contributed by atoms with E-state index in [4.69, 9.17) is 4.99 Å². The van der Waals surface area contributed by atoms with Gasteiger partial charge in [0, 0.05) is 10.2 Å². The predicted molar refractivity (Wildman–Crippen MR) is 106 cm³/mol. The summed E-state index contributed by atoms with van der Waals surface area (Å²) in [7, 11) is 0. The molecular weight excluding hydrogens is 376 g/mol. The Bertz CT molecular complexity index is 870. The first-order valence-electron chi connectivity index (χ1n) is 8.77. The third kappa shape index (κ3) is 3.04. The van der Waals surface area contributed by atoms with Gasteiger partial charge in [0.05, 0.1) is 23.8 Å². The van der Waals surface area contributed by atoms with E-state index in [1.54, 1.807) is 0 Å². The molecule has 25 heavy (non-hydrogen) atoms. The summed E-state index contributed by atoms with van der Waals surface area (Å²) in [6, 6.07) is 12.4. The first-order chi connectivity index (χ1) is 12.0. The smallest absolute Gasteiger partial charge is 0.236 e. The summed E-state index contributed by atoms with van der Waals surface area (Å²) in [6.07, 6.45) is 2.91. The first-order valence-corrected chi connectivity index (χ1v) is 9.57. The Labute approximate surface area is 156 Å². The van der Waals surface area contributed by atoms with E-state index < -0.39 is 0 Å². The number of rotatable bonds is 2. The van der Waals surface area contributed by atoms with Crippen LogP contribution in [-0.4, -0.2) is 11.6 Å². The average Bonchev–Trinajstić information content (AvgIpc) is 3.02. The Morgan fingerprint density at radius 1 is 1.16 bits per heavy atom. The van der Waals surface area contributed by atoms with Crippen molar-refractivity contribution in [2.75, 3.05) is 4.90 Å². The number of fused-ring (bicyclic) bond motifs is 2. The van der Waals surface area contributed by atoms with Gasteiger partial charge in [-0.15, -0.1) is 0 Å². The summed E-state index contributed by atoms with van der Waals surface area (Å²) < 4.78 is 1.05. The first kappa shape index (κ1) is 16.5. The highest BCUT2D eigenvalue weighted by molar-refractivity contribution is 9.10. The van der Waals surface area contributed by atoms with Gasteiger partial charge in [0.1, 0.15) is 0 Å². The number of hydrogen-bond donors (Lipinski definition) is 0. The maximum atomic E-state index is 13.3. The van der Waals surface area contributed by atoms with Gasteiger partial charge in [-0.05, 0) is 74.1 Å². The van der Waals surface area contributed by atoms with E-state index in [9.17, 15) is 4.79 Å². The third-order valence-electron chi connectivity index (χ3n) is 5.29. The minimum atomic E-state index is -0.0524. The van der Waals surface area contributed by atoms with Crippen LogP contribution in [-0.2, 0) is 11.3 Å². The molecule has 1 unspecified atom stereocenters. The van der Waals surface area contributed by atoms with Gasteiger partial charge in [-0.1, -0.05) is 28.1 Å². The van der Waals surface area contributed by atoms with Crippen molar-refractivity contribution in [1.29, 1.82) is 0 Å². The molecule has 0 saturated heterocycles. The third-order valence-corrected chi connectivity index (χ3v) is 5.82. The lowest BCUT2D eigenvalue weighted by Gasteiger charge is -2.25. The van der Waals surface area contributed by atoms with Crippen LogP contribution >= 0.6 is 15.9 Å². The van der Waals surface area contributed by atoms with Crippen molar-refractivity contribution in [3.63, 3.8) is 0 Å². The molecule has 1 amide bonds. The second-order valence-corrected chi connectivity index (χ2v) is 7.94. The van der Waals surface area contributed by atoms with Gasteiger partial charge in [0.15, 0.2) is 0 Å². The molecule has 1 aliphatic carbocycles. The molecule has 1 atom stereocenters. The van der Waals surface area contributed by atoms with Crippen molar-refractivity contribution in [3.8, 4) is 0 Å². The van der Waals surface area contributed by atoms with Gasteiger partial charge >= 0.3 is 0 Å². The van der Waals surface area contributed by atoms with Gasteiger partial charge in [0.25, 0.3) is 0 Å². The SMILES string of the molecule is Cc1cc2c(cc1C)N(Cc1ccc(Br)cc1)C(=O)C1CCCC1=N2. The molecule has 2 aliphatic rings. The van der Waals surface area contributed by atoms with Crippen LogP contribution in [0.5, 0.6) is 0 Å². The summed E-state index contributed by atoms with van der Waals surface area (Å²) >= 11 is 3.48. The molecule has 3 nitrogen and oxygen atoms in total. The summed E-state index contributed by atoms with van der Waals surface area (Å²) in [5, 5.41) is 0. The normalized spacial score (nSPS) is 19.3. The Balaban J connectivity index is 1.81. The molecule has 1 aliphatic heterocycles. The average molecular weight is 397 g/mol. The molecule has 4 rings (SSSR count). The van der Waals surface area contributed by atoms with Gasteiger partial charge in [0.2, 0.25) is 5.91 Å². The zero-order valence-corrected chi connectivity index (χ0v) is 16.1. The van der Waals surface area contributed by atoms with E-state index in [0.717, 1.165) is 46.4 Å². The number of amides is 1. The van der Waals surface area contributed by atoms with E-state index in [-0.39, 0.29) is 11.8 Å². The Morgan fingerprint density at radius 3 is 2.64 bits per heavy atom. The molecule has 0 N–H and O–H groups in total. The monoisotopic (exact) mass is 396 g/mol. The van der Waals surface area contributed by atoms with Crippen molar-refractivity contribution >= 4 is 38.9 Å². The molecule has 128 valence electrons. The maximum absolute atomic E-state index is 13.3. The van der Waals surface area contributed by atoms with E-state index >= 15 is 0 Å². The topological polar surface area (TPSA) is 32.7 Å². The zero-order valence-electron chi connectivity index (χ0n) is 14.6. The number of carbonyl (C=O) groups excluding carboxylic acids is 1. The number of aliphatic imine (C=N–C) groups is 1. The number of carbonyl (C=O) groups is 1. The molecule has 2 aromatic rings. The minimum absolute atomic E-state index is 0.0524. The van der Waals surface area contributed by atoms with Gasteiger partial charge in [-0.25, -0.2) is 0 Å². The predicted octanol–water partition coefficient (Wildman–Crippen LogP) is 5.49. The minimum Gasteiger partial charge on any atom is -0.305 e. The number of aryl methyl sites for hydroxylation is 2. The van der Waals surface area contributed by atoms with Crippen LogP contribution in [0.1, 0.15) is 36.0 Å². The lowest BCUT2D eigenvalue weighted by Crippen LogP contribution is -2.36. The van der Waals surface area contributed by atoms with Crippen molar-refractivity contribution in [2.45, 2.75) is 39.7 Å². The lowest BCUT2D eigenvalue weighted by molar-refractivity contribution is -0.120. The number of benzene rings is 2. The molecule has 2 aromatic carbocycles. The molecule has 1 fully saturated rings. The van der Waals surface area contributed by atoms with E-state index in [0.29, 0.717) is 6.54 Å². The van der Waals surface area contributed by atoms with Gasteiger partial charge < -0.3 is 4.90 Å². The highest BCUT2D eigenvalue weighted by atomic mass is 79.9. The summed E-state index contributed by atoms with van der Waals surface area (Å²) in [5.41, 5.74) is 6.48. The summed E-state index contributed by atoms with van der Waals surface area (Å²) in [6.45, 7) is 4.78. The van der Waals surface area contributed by atoms with E-state index in [1.165, 1.54) is 11.1 Å². The van der Waals surface area contributed by atoms with E-state index in [1.807, 2.05) is 17.0 Å². The van der Waals surface area contributed by atoms with Crippen molar-refractivity contribution in [1.82, 2.24) is 0 Å². The second-order valence-electron chi connectivity index (χ2n) is 7.02. The van der Waals surface area contributed by atoms with Gasteiger partial charge in [-0.2, -0.15) is 0 Å². The van der Waals surface area contributed by atoms with Crippen molar-refractivity contribution < 1.29 is 4.79 Å². The fraction of sp³-hybridized carbons (Fsp3) is 0.333. The fourth-order valence-corrected chi connectivity index (χ4v) is 3.98. The Hall–Kier alpha value is -1.94.